The van der Waals surface area contributed by atoms with Crippen LogP contribution in [-0.2, 0) is 4.79 Å². The van der Waals surface area contributed by atoms with Crippen LogP contribution in [0.5, 0.6) is 0 Å². The second-order valence-electron chi connectivity index (χ2n) is 6.72. The van der Waals surface area contributed by atoms with E-state index < -0.39 is 12.2 Å². The molecule has 0 bridgehead atoms. The molecule has 2 unspecified atom stereocenters. The monoisotopic (exact) mass is 327 g/mol. The number of aliphatic imine (C=N–C) groups is 1. The van der Waals surface area contributed by atoms with Gasteiger partial charge in [0.15, 0.2) is 12.8 Å². The molecule has 0 radical (unpaired) electrons. The van der Waals surface area contributed by atoms with Crippen molar-refractivity contribution in [2.24, 2.45) is 4.99 Å². The zero-order valence-corrected chi connectivity index (χ0v) is 15.0. The molecule has 0 aromatic carbocycles. The Kier molecular flexibility index (Phi) is 9.41. The molecule has 134 valence electrons. The van der Waals surface area contributed by atoms with E-state index in [4.69, 9.17) is 0 Å². The van der Waals surface area contributed by atoms with E-state index in [9.17, 15) is 15.0 Å². The second-order valence-corrected chi connectivity index (χ2v) is 6.72. The van der Waals surface area contributed by atoms with E-state index in [1.54, 1.807) is 0 Å². The van der Waals surface area contributed by atoms with Crippen LogP contribution in [0.3, 0.4) is 0 Å². The summed E-state index contributed by atoms with van der Waals surface area (Å²) < 4.78 is 0.155. The molecular weight excluding hydrogens is 292 g/mol. The summed E-state index contributed by atoms with van der Waals surface area (Å²) in [4.78, 5) is 15.8. The van der Waals surface area contributed by atoms with Crippen LogP contribution >= 0.6 is 0 Å². The number of rotatable bonds is 13. The third-order valence-corrected chi connectivity index (χ3v) is 4.91. The van der Waals surface area contributed by atoms with Crippen molar-refractivity contribution in [3.05, 3.63) is 0 Å². The van der Waals surface area contributed by atoms with E-state index in [0.29, 0.717) is 19.5 Å². The lowest BCUT2D eigenvalue weighted by molar-refractivity contribution is -0.879. The Morgan fingerprint density at radius 2 is 1.74 bits per heavy atom. The minimum atomic E-state index is -0.858. The van der Waals surface area contributed by atoms with Crippen LogP contribution in [0, 0.1) is 0 Å². The molecule has 0 aromatic heterocycles. The number of nitrogens with zero attached hydrogens (tertiary/aromatic N) is 2. The van der Waals surface area contributed by atoms with Gasteiger partial charge in [0.25, 0.3) is 0 Å². The van der Waals surface area contributed by atoms with E-state index >= 15 is 0 Å². The molecule has 1 heterocycles. The molecule has 0 spiro atoms. The smallest absolute Gasteiger partial charge is 0.359 e. The summed E-state index contributed by atoms with van der Waals surface area (Å²) in [5.74, 6) is 0.0377. The number of aliphatic hydroxyl groups is 1. The molecule has 0 saturated carbocycles. The number of amidine groups is 1. The van der Waals surface area contributed by atoms with Gasteiger partial charge in [-0.05, 0) is 6.42 Å². The van der Waals surface area contributed by atoms with Crippen molar-refractivity contribution in [1.29, 1.82) is 0 Å². The van der Waals surface area contributed by atoms with Gasteiger partial charge in [0, 0.05) is 12.8 Å². The van der Waals surface area contributed by atoms with Gasteiger partial charge in [0.05, 0.1) is 6.54 Å². The third-order valence-electron chi connectivity index (χ3n) is 4.91. The Bertz CT molecular complexity index is 384. The first-order valence-corrected chi connectivity index (χ1v) is 9.37. The first-order valence-electron chi connectivity index (χ1n) is 9.37. The van der Waals surface area contributed by atoms with Crippen LogP contribution < -0.4 is 0 Å². The van der Waals surface area contributed by atoms with Crippen molar-refractivity contribution in [3.63, 3.8) is 0 Å². The van der Waals surface area contributed by atoms with E-state index in [1.807, 2.05) is 6.92 Å². The fourth-order valence-corrected chi connectivity index (χ4v) is 3.53. The lowest BCUT2D eigenvalue weighted by Gasteiger charge is -2.37. The molecule has 2 atom stereocenters. The van der Waals surface area contributed by atoms with Crippen LogP contribution in [0.2, 0.25) is 0 Å². The van der Waals surface area contributed by atoms with Gasteiger partial charge in [-0.15, -0.1) is 0 Å². The maximum atomic E-state index is 11.2. The number of unbranched alkanes of at least 4 members (excludes halogenated alkanes) is 7. The Hall–Kier alpha value is -0.940. The summed E-state index contributed by atoms with van der Waals surface area (Å²) in [5, 5.41) is 19.6. The number of hydrogen-bond acceptors (Lipinski definition) is 3. The number of aliphatic carboxylic acids is 1. The largest absolute Gasteiger partial charge is 0.477 e. The summed E-state index contributed by atoms with van der Waals surface area (Å²) in [5.41, 5.74) is 0. The highest BCUT2D eigenvalue weighted by Gasteiger charge is 2.44. The van der Waals surface area contributed by atoms with Crippen LogP contribution in [0.4, 0.5) is 0 Å². The standard InChI is InChI=1S/C18H34N2O3/c1-3-5-6-7-8-9-10-11-12-16-19-13-14-20(16,15-18(22)23)17(21)4-2/h17,21H,3-15H2,1-2H3/p+1. The molecule has 0 fully saturated rings. The normalized spacial score (nSPS) is 22.1. The van der Waals surface area contributed by atoms with E-state index in [0.717, 1.165) is 18.7 Å². The highest BCUT2D eigenvalue weighted by atomic mass is 16.4. The van der Waals surface area contributed by atoms with Crippen molar-refractivity contribution in [3.8, 4) is 0 Å². The predicted octanol–water partition coefficient (Wildman–Crippen LogP) is 3.56. The fraction of sp³-hybridized carbons (Fsp3) is 0.889. The molecule has 0 amide bonds. The highest BCUT2D eigenvalue weighted by Crippen LogP contribution is 2.24. The van der Waals surface area contributed by atoms with Crippen LogP contribution in [0.1, 0.15) is 78.1 Å². The van der Waals surface area contributed by atoms with Gasteiger partial charge in [0.2, 0.25) is 5.84 Å². The summed E-state index contributed by atoms with van der Waals surface area (Å²) in [6.07, 6.45) is 10.7. The number of hydrogen-bond donors (Lipinski definition) is 2. The van der Waals surface area contributed by atoms with Gasteiger partial charge < -0.3 is 10.2 Å². The zero-order valence-electron chi connectivity index (χ0n) is 15.0. The number of carbonyl (C=O) groups is 1. The zero-order chi connectivity index (χ0) is 17.1. The first kappa shape index (κ1) is 20.1. The molecule has 1 aliphatic heterocycles. The quantitative estimate of drug-likeness (QED) is 0.401. The summed E-state index contributed by atoms with van der Waals surface area (Å²) >= 11 is 0. The summed E-state index contributed by atoms with van der Waals surface area (Å²) in [7, 11) is 0. The van der Waals surface area contributed by atoms with Gasteiger partial charge >= 0.3 is 5.97 Å². The van der Waals surface area contributed by atoms with Crippen LogP contribution in [0.15, 0.2) is 4.99 Å². The average Bonchev–Trinajstić information content (AvgIpc) is 2.92. The lowest BCUT2D eigenvalue weighted by Crippen LogP contribution is -2.60. The van der Waals surface area contributed by atoms with Gasteiger partial charge in [-0.1, -0.05) is 58.8 Å². The Morgan fingerprint density at radius 1 is 1.13 bits per heavy atom. The molecule has 0 aromatic rings. The molecule has 5 nitrogen and oxygen atoms in total. The Morgan fingerprint density at radius 3 is 2.30 bits per heavy atom. The topological polar surface area (TPSA) is 69.9 Å². The van der Waals surface area contributed by atoms with Crippen molar-refractivity contribution in [2.45, 2.75) is 84.3 Å². The SMILES string of the molecule is CCCCCCCCCCC1=NCC[N+]1(CC(=O)O)C(O)CC. The Labute approximate surface area is 141 Å². The van der Waals surface area contributed by atoms with E-state index in [2.05, 4.69) is 11.9 Å². The summed E-state index contributed by atoms with van der Waals surface area (Å²) in [6.45, 7) is 5.34. The molecule has 1 aliphatic rings. The Balaban J connectivity index is 2.40. The second kappa shape index (κ2) is 10.8. The maximum Gasteiger partial charge on any atom is 0.359 e. The summed E-state index contributed by atoms with van der Waals surface area (Å²) in [6, 6.07) is 0. The molecular formula is C18H35N2O3+. The molecule has 0 aliphatic carbocycles. The van der Waals surface area contributed by atoms with Crippen molar-refractivity contribution < 1.29 is 19.5 Å². The first-order chi connectivity index (χ1) is 11.1. The fourth-order valence-electron chi connectivity index (χ4n) is 3.53. The molecule has 23 heavy (non-hydrogen) atoms. The third kappa shape index (κ3) is 6.22. The number of quaternary nitrogens is 1. The molecule has 1 rings (SSSR count). The van der Waals surface area contributed by atoms with Gasteiger partial charge in [-0.2, -0.15) is 0 Å². The highest BCUT2D eigenvalue weighted by molar-refractivity contribution is 5.80. The van der Waals surface area contributed by atoms with E-state index in [-0.39, 0.29) is 11.0 Å². The average molecular weight is 327 g/mol. The number of carboxylic acid groups (broad SMARTS) is 1. The van der Waals surface area contributed by atoms with Crippen LogP contribution in [0.25, 0.3) is 0 Å². The molecule has 5 heteroatoms. The predicted molar refractivity (Wildman–Crippen MR) is 93.5 cm³/mol. The number of carboxylic acids is 1. The van der Waals surface area contributed by atoms with Gasteiger partial charge in [-0.3, -0.25) is 0 Å². The minimum Gasteiger partial charge on any atom is -0.477 e. The molecule has 0 saturated heterocycles. The van der Waals surface area contributed by atoms with Crippen molar-refractivity contribution in [1.82, 2.24) is 0 Å². The maximum absolute atomic E-state index is 11.2. The molecule has 2 N–H and O–H groups in total. The number of aliphatic hydroxyl groups excluding tert-OH is 1. The van der Waals surface area contributed by atoms with E-state index in [1.165, 1.54) is 44.9 Å². The van der Waals surface area contributed by atoms with Crippen molar-refractivity contribution >= 4 is 11.8 Å². The van der Waals surface area contributed by atoms with Gasteiger partial charge in [0.1, 0.15) is 6.54 Å². The van der Waals surface area contributed by atoms with Crippen molar-refractivity contribution in [2.75, 3.05) is 19.6 Å². The lowest BCUT2D eigenvalue weighted by atomic mass is 10.1. The minimum absolute atomic E-state index is 0.0507. The van der Waals surface area contributed by atoms with Gasteiger partial charge in [-0.25, -0.2) is 14.3 Å². The van der Waals surface area contributed by atoms with Crippen LogP contribution in [-0.4, -0.2) is 52.4 Å².